The maximum Gasteiger partial charge on any atom is 0.573 e. The molecule has 2 aliphatic carbocycles. The Balaban J connectivity index is 1.22. The molecule has 39 heavy (non-hydrogen) atoms. The van der Waals surface area contributed by atoms with Gasteiger partial charge in [0, 0.05) is 0 Å². The SMILES string of the molecule is CCc1ccc(C(F)(F)OC2CCC(/C=C/C3CCC(c4ccc(OC(F)(F)F)c(F)c4)CC3)CC2)c(F)c1. The van der Waals surface area contributed by atoms with Crippen LogP contribution in [0.4, 0.5) is 30.7 Å². The van der Waals surface area contributed by atoms with E-state index in [-0.39, 0.29) is 11.8 Å². The predicted octanol–water partition coefficient (Wildman–Crippen LogP) is 9.58. The van der Waals surface area contributed by atoms with Gasteiger partial charge in [0.1, 0.15) is 5.82 Å². The molecule has 0 atom stereocenters. The average molecular weight is 559 g/mol. The van der Waals surface area contributed by atoms with Gasteiger partial charge in [0.2, 0.25) is 0 Å². The lowest BCUT2D eigenvalue weighted by atomic mass is 9.78. The van der Waals surface area contributed by atoms with Gasteiger partial charge in [-0.25, -0.2) is 8.78 Å². The minimum absolute atomic E-state index is 0.0707. The maximum absolute atomic E-state index is 14.6. The standard InChI is InChI=1S/C30H33F7O2/c1-2-19-9-15-25(26(31)17-19)29(33,34)38-24-13-7-21(8-14-24)4-3-20-5-10-22(11-6-20)23-12-16-28(27(32)18-23)39-30(35,36)37/h3-4,9,12,15-18,20-22,24H,2,5-8,10-11,13-14H2,1H3/b4-3+. The highest BCUT2D eigenvalue weighted by atomic mass is 19.4. The highest BCUT2D eigenvalue weighted by Crippen LogP contribution is 2.40. The Morgan fingerprint density at radius 1 is 0.769 bits per heavy atom. The molecule has 0 aliphatic heterocycles. The Kier molecular flexibility index (Phi) is 9.29. The van der Waals surface area contributed by atoms with E-state index in [1.165, 1.54) is 12.1 Å². The van der Waals surface area contributed by atoms with Crippen LogP contribution in [0.2, 0.25) is 0 Å². The smallest absolute Gasteiger partial charge is 0.403 e. The van der Waals surface area contributed by atoms with Crippen molar-refractivity contribution in [3.8, 4) is 5.75 Å². The normalized spacial score (nSPS) is 24.7. The summed E-state index contributed by atoms with van der Waals surface area (Å²) in [6.45, 7) is 1.83. The van der Waals surface area contributed by atoms with Crippen LogP contribution in [0.15, 0.2) is 48.6 Å². The molecule has 0 N–H and O–H groups in total. The monoisotopic (exact) mass is 558 g/mol. The van der Waals surface area contributed by atoms with Crippen LogP contribution in [0.3, 0.4) is 0 Å². The van der Waals surface area contributed by atoms with Crippen molar-refractivity contribution in [1.29, 1.82) is 0 Å². The van der Waals surface area contributed by atoms with Crippen LogP contribution < -0.4 is 4.74 Å². The summed E-state index contributed by atoms with van der Waals surface area (Å²) in [4.78, 5) is 0. The van der Waals surface area contributed by atoms with Crippen molar-refractivity contribution in [3.63, 3.8) is 0 Å². The molecule has 0 aromatic heterocycles. The van der Waals surface area contributed by atoms with E-state index in [2.05, 4.69) is 16.9 Å². The number of ether oxygens (including phenoxy) is 2. The molecule has 0 bridgehead atoms. The maximum atomic E-state index is 14.6. The van der Waals surface area contributed by atoms with Gasteiger partial charge in [-0.05, 0) is 111 Å². The zero-order chi connectivity index (χ0) is 28.2. The van der Waals surface area contributed by atoms with E-state index in [0.717, 1.165) is 49.9 Å². The molecule has 0 heterocycles. The number of aryl methyl sites for hydroxylation is 1. The van der Waals surface area contributed by atoms with Crippen molar-refractivity contribution >= 4 is 0 Å². The fraction of sp³-hybridized carbons (Fsp3) is 0.533. The van der Waals surface area contributed by atoms with E-state index in [1.807, 2.05) is 6.92 Å². The van der Waals surface area contributed by atoms with Crippen LogP contribution in [0.5, 0.6) is 5.75 Å². The Morgan fingerprint density at radius 3 is 1.92 bits per heavy atom. The van der Waals surface area contributed by atoms with Gasteiger partial charge >= 0.3 is 12.5 Å². The fourth-order valence-electron chi connectivity index (χ4n) is 5.62. The molecule has 2 aromatic rings. The lowest BCUT2D eigenvalue weighted by Crippen LogP contribution is -2.30. The minimum Gasteiger partial charge on any atom is -0.403 e. The van der Waals surface area contributed by atoms with Gasteiger partial charge in [-0.1, -0.05) is 31.2 Å². The Bertz CT molecular complexity index is 1130. The second kappa shape index (κ2) is 12.3. The number of rotatable bonds is 8. The van der Waals surface area contributed by atoms with Crippen molar-refractivity contribution < 1.29 is 40.2 Å². The second-order valence-corrected chi connectivity index (χ2v) is 10.6. The number of alkyl halides is 5. The molecule has 0 unspecified atom stereocenters. The molecule has 0 amide bonds. The second-order valence-electron chi connectivity index (χ2n) is 10.6. The number of hydrogen-bond acceptors (Lipinski definition) is 2. The number of halogens is 7. The number of allylic oxidation sites excluding steroid dienone is 2. The number of benzene rings is 2. The topological polar surface area (TPSA) is 18.5 Å². The summed E-state index contributed by atoms with van der Waals surface area (Å²) in [6.07, 6.45) is 1.27. The van der Waals surface area contributed by atoms with Gasteiger partial charge in [0.15, 0.2) is 11.6 Å². The van der Waals surface area contributed by atoms with E-state index < -0.39 is 41.5 Å². The van der Waals surface area contributed by atoms with E-state index in [9.17, 15) is 30.7 Å². The highest BCUT2D eigenvalue weighted by Gasteiger charge is 2.39. The molecular weight excluding hydrogens is 525 g/mol. The third-order valence-corrected chi connectivity index (χ3v) is 7.87. The van der Waals surface area contributed by atoms with Crippen LogP contribution in [-0.4, -0.2) is 12.5 Å². The first-order valence-corrected chi connectivity index (χ1v) is 13.5. The molecule has 2 fully saturated rings. The van der Waals surface area contributed by atoms with Gasteiger partial charge in [-0.2, -0.15) is 8.78 Å². The summed E-state index contributed by atoms with van der Waals surface area (Å²) in [5.74, 6) is -2.14. The molecule has 9 heteroatoms. The minimum atomic E-state index is -4.94. The molecule has 2 nitrogen and oxygen atoms in total. The average Bonchev–Trinajstić information content (AvgIpc) is 2.88. The van der Waals surface area contributed by atoms with E-state index in [4.69, 9.17) is 4.74 Å². The first-order chi connectivity index (χ1) is 18.4. The quantitative estimate of drug-likeness (QED) is 0.237. The van der Waals surface area contributed by atoms with Gasteiger partial charge in [0.25, 0.3) is 0 Å². The summed E-state index contributed by atoms with van der Waals surface area (Å²) in [5, 5.41) is 0. The molecule has 0 saturated heterocycles. The predicted molar refractivity (Wildman–Crippen MR) is 133 cm³/mol. The van der Waals surface area contributed by atoms with Crippen molar-refractivity contribution in [2.75, 3.05) is 0 Å². The van der Waals surface area contributed by atoms with Crippen molar-refractivity contribution in [1.82, 2.24) is 0 Å². The van der Waals surface area contributed by atoms with E-state index >= 15 is 0 Å². The summed E-state index contributed by atoms with van der Waals surface area (Å²) in [5.41, 5.74) is 0.585. The van der Waals surface area contributed by atoms with Gasteiger partial charge in [-0.3, -0.25) is 0 Å². The molecule has 0 radical (unpaired) electrons. The zero-order valence-corrected chi connectivity index (χ0v) is 21.8. The molecule has 2 aromatic carbocycles. The van der Waals surface area contributed by atoms with Gasteiger partial charge < -0.3 is 9.47 Å². The Morgan fingerprint density at radius 2 is 1.38 bits per heavy atom. The third kappa shape index (κ3) is 7.99. The summed E-state index contributed by atoms with van der Waals surface area (Å²) in [7, 11) is 0. The first-order valence-electron chi connectivity index (χ1n) is 13.5. The molecule has 2 saturated carbocycles. The Hall–Kier alpha value is -2.55. The van der Waals surface area contributed by atoms with Crippen molar-refractivity contribution in [2.24, 2.45) is 11.8 Å². The van der Waals surface area contributed by atoms with Crippen LogP contribution in [-0.2, 0) is 17.3 Å². The van der Waals surface area contributed by atoms with Crippen molar-refractivity contribution in [2.45, 2.75) is 89.2 Å². The lowest BCUT2D eigenvalue weighted by Gasteiger charge is -2.31. The first kappa shape index (κ1) is 29.4. The molecule has 0 spiro atoms. The number of hydrogen-bond donors (Lipinski definition) is 0. The van der Waals surface area contributed by atoms with Crippen LogP contribution in [0.25, 0.3) is 0 Å². The van der Waals surface area contributed by atoms with E-state index in [0.29, 0.717) is 49.1 Å². The largest absolute Gasteiger partial charge is 0.573 e. The van der Waals surface area contributed by atoms with Gasteiger partial charge in [0.05, 0.1) is 11.7 Å². The molecular formula is C30H33F7O2. The van der Waals surface area contributed by atoms with Crippen LogP contribution >= 0.6 is 0 Å². The Labute approximate surface area is 224 Å². The summed E-state index contributed by atoms with van der Waals surface area (Å²) in [6, 6.07) is 7.36. The molecule has 4 rings (SSSR count). The lowest BCUT2D eigenvalue weighted by molar-refractivity contribution is -0.279. The molecule has 214 valence electrons. The summed E-state index contributed by atoms with van der Waals surface area (Å²) >= 11 is 0. The van der Waals surface area contributed by atoms with E-state index in [1.54, 1.807) is 0 Å². The summed E-state index contributed by atoms with van der Waals surface area (Å²) < 4.78 is 103. The molecule has 2 aliphatic rings. The van der Waals surface area contributed by atoms with Crippen LogP contribution in [0.1, 0.15) is 80.9 Å². The highest BCUT2D eigenvalue weighted by molar-refractivity contribution is 5.32. The third-order valence-electron chi connectivity index (χ3n) is 7.87. The fourth-order valence-corrected chi connectivity index (χ4v) is 5.62. The van der Waals surface area contributed by atoms with Crippen LogP contribution in [0, 0.1) is 23.5 Å². The van der Waals surface area contributed by atoms with Crippen molar-refractivity contribution in [3.05, 3.63) is 76.9 Å². The van der Waals surface area contributed by atoms with Gasteiger partial charge in [-0.15, -0.1) is 13.2 Å². The zero-order valence-electron chi connectivity index (χ0n) is 21.8.